The molecule has 0 spiro atoms. The van der Waals surface area contributed by atoms with Crippen LogP contribution in [-0.2, 0) is 0 Å². The normalized spacial score (nSPS) is 26.8. The molecule has 0 aliphatic carbocycles. The monoisotopic (exact) mass is 296 g/mol. The van der Waals surface area contributed by atoms with Gasteiger partial charge in [-0.1, -0.05) is 47.5 Å². The van der Waals surface area contributed by atoms with Gasteiger partial charge in [-0.15, -0.1) is 0 Å². The highest BCUT2D eigenvalue weighted by Gasteiger charge is 2.28. The first-order valence-electron chi connectivity index (χ1n) is 6.48. The van der Waals surface area contributed by atoms with E-state index in [0.29, 0.717) is 6.04 Å². The van der Waals surface area contributed by atoms with Crippen molar-refractivity contribution in [3.63, 3.8) is 0 Å². The zero-order valence-corrected chi connectivity index (χ0v) is 12.0. The molecule has 0 radical (unpaired) electrons. The van der Waals surface area contributed by atoms with Crippen molar-refractivity contribution >= 4 is 15.9 Å². The van der Waals surface area contributed by atoms with Crippen molar-refractivity contribution in [1.82, 2.24) is 4.90 Å². The first-order chi connectivity index (χ1) is 8.24. The van der Waals surface area contributed by atoms with E-state index < -0.39 is 0 Å². The molecule has 0 amide bonds. The van der Waals surface area contributed by atoms with Gasteiger partial charge in [-0.3, -0.25) is 4.90 Å². The molecule has 1 aromatic carbocycles. The Hall–Kier alpha value is -0.380. The van der Waals surface area contributed by atoms with Crippen LogP contribution in [0.4, 0.5) is 0 Å². The molecule has 2 unspecified atom stereocenters. The molecule has 3 heteroatoms. The molecule has 0 saturated carbocycles. The minimum Gasteiger partial charge on any atom is -0.326 e. The van der Waals surface area contributed by atoms with Crippen LogP contribution in [0.2, 0.25) is 0 Å². The molecule has 17 heavy (non-hydrogen) atoms. The van der Waals surface area contributed by atoms with E-state index in [1.807, 2.05) is 0 Å². The number of rotatable bonds is 2. The van der Waals surface area contributed by atoms with Gasteiger partial charge in [-0.2, -0.15) is 0 Å². The Morgan fingerprint density at radius 1 is 1.35 bits per heavy atom. The van der Waals surface area contributed by atoms with Gasteiger partial charge in [0.2, 0.25) is 0 Å². The lowest BCUT2D eigenvalue weighted by atomic mass is 9.96. The molecule has 1 heterocycles. The molecule has 1 aliphatic rings. The van der Waals surface area contributed by atoms with Crippen LogP contribution in [0, 0.1) is 0 Å². The Bertz CT molecular complexity index is 367. The van der Waals surface area contributed by atoms with Crippen molar-refractivity contribution in [2.75, 3.05) is 13.1 Å². The summed E-state index contributed by atoms with van der Waals surface area (Å²) in [5.41, 5.74) is 7.72. The van der Waals surface area contributed by atoms with Crippen molar-refractivity contribution in [3.8, 4) is 0 Å². The number of hydrogen-bond acceptors (Lipinski definition) is 2. The summed E-state index contributed by atoms with van der Waals surface area (Å²) in [6, 6.07) is 9.08. The van der Waals surface area contributed by atoms with Gasteiger partial charge in [0, 0.05) is 10.5 Å². The summed E-state index contributed by atoms with van der Waals surface area (Å²) in [5.74, 6) is 0. The lowest BCUT2D eigenvalue weighted by Gasteiger charge is -2.33. The molecule has 1 fully saturated rings. The zero-order chi connectivity index (χ0) is 12.3. The van der Waals surface area contributed by atoms with Crippen LogP contribution in [0.1, 0.15) is 37.8 Å². The van der Waals surface area contributed by atoms with Gasteiger partial charge in [0.05, 0.1) is 6.04 Å². The summed E-state index contributed by atoms with van der Waals surface area (Å²) in [7, 11) is 0. The van der Waals surface area contributed by atoms with Gasteiger partial charge in [0.1, 0.15) is 0 Å². The van der Waals surface area contributed by atoms with Crippen LogP contribution < -0.4 is 5.73 Å². The molecule has 2 nitrogen and oxygen atoms in total. The fraction of sp³-hybridized carbons (Fsp3) is 0.571. The minimum atomic E-state index is 0.246. The summed E-state index contributed by atoms with van der Waals surface area (Å²) in [6.07, 6.45) is 3.64. The standard InChI is InChI=1S/C14H21BrN2/c1-2-17-10-6-5-9-13(16)14(17)11-7-3-4-8-12(11)15/h3-4,7-8,13-14H,2,5-6,9-10,16H2,1H3. The smallest absolute Gasteiger partial charge is 0.0510 e. The van der Waals surface area contributed by atoms with Gasteiger partial charge < -0.3 is 5.73 Å². The highest BCUT2D eigenvalue weighted by Crippen LogP contribution is 2.33. The largest absolute Gasteiger partial charge is 0.326 e. The number of hydrogen-bond donors (Lipinski definition) is 1. The van der Waals surface area contributed by atoms with Crippen LogP contribution in [0.15, 0.2) is 28.7 Å². The molecule has 2 N–H and O–H groups in total. The first-order valence-corrected chi connectivity index (χ1v) is 7.27. The third-order valence-corrected chi connectivity index (χ3v) is 4.38. The Kier molecular flexibility index (Phi) is 4.60. The van der Waals surface area contributed by atoms with Gasteiger partial charge in [0.15, 0.2) is 0 Å². The minimum absolute atomic E-state index is 0.246. The SMILES string of the molecule is CCN1CCCCC(N)C1c1ccccc1Br. The van der Waals surface area contributed by atoms with Crippen LogP contribution in [0.5, 0.6) is 0 Å². The van der Waals surface area contributed by atoms with Crippen molar-refractivity contribution in [3.05, 3.63) is 34.3 Å². The number of benzene rings is 1. The lowest BCUT2D eigenvalue weighted by molar-refractivity contribution is 0.195. The molecule has 1 aliphatic heterocycles. The quantitative estimate of drug-likeness (QED) is 0.907. The van der Waals surface area contributed by atoms with Crippen molar-refractivity contribution in [2.24, 2.45) is 5.73 Å². The molecule has 2 rings (SSSR count). The number of nitrogens with two attached hydrogens (primary N) is 1. The van der Waals surface area contributed by atoms with Crippen molar-refractivity contribution < 1.29 is 0 Å². The van der Waals surface area contributed by atoms with Crippen LogP contribution >= 0.6 is 15.9 Å². The fourth-order valence-electron chi connectivity index (χ4n) is 2.76. The Morgan fingerprint density at radius 3 is 2.82 bits per heavy atom. The summed E-state index contributed by atoms with van der Waals surface area (Å²) < 4.78 is 1.18. The highest BCUT2D eigenvalue weighted by molar-refractivity contribution is 9.10. The molecular formula is C14H21BrN2. The van der Waals surface area contributed by atoms with E-state index in [1.54, 1.807) is 0 Å². The summed E-state index contributed by atoms with van der Waals surface area (Å²) in [6.45, 7) is 4.46. The highest BCUT2D eigenvalue weighted by atomic mass is 79.9. The molecule has 0 aromatic heterocycles. The number of likely N-dealkylation sites (tertiary alicyclic amines) is 1. The van der Waals surface area contributed by atoms with Gasteiger partial charge >= 0.3 is 0 Å². The second-order valence-corrected chi connectivity index (χ2v) is 5.61. The maximum Gasteiger partial charge on any atom is 0.0510 e. The summed E-state index contributed by atoms with van der Waals surface area (Å²) in [5, 5.41) is 0. The zero-order valence-electron chi connectivity index (χ0n) is 10.4. The fourth-order valence-corrected chi connectivity index (χ4v) is 3.28. The third-order valence-electron chi connectivity index (χ3n) is 3.66. The average molecular weight is 297 g/mol. The van der Waals surface area contributed by atoms with Gasteiger partial charge in [-0.25, -0.2) is 0 Å². The second-order valence-electron chi connectivity index (χ2n) is 4.75. The molecule has 2 atom stereocenters. The maximum atomic E-state index is 6.38. The average Bonchev–Trinajstić information content (AvgIpc) is 2.52. The predicted molar refractivity (Wildman–Crippen MR) is 76.0 cm³/mol. The Balaban J connectivity index is 2.34. The second kappa shape index (κ2) is 5.98. The summed E-state index contributed by atoms with van der Waals surface area (Å²) in [4.78, 5) is 2.51. The Labute approximate surface area is 112 Å². The first kappa shape index (κ1) is 13.1. The molecule has 0 bridgehead atoms. The van der Waals surface area contributed by atoms with E-state index >= 15 is 0 Å². The number of nitrogens with zero attached hydrogens (tertiary/aromatic N) is 1. The topological polar surface area (TPSA) is 29.3 Å². The molecule has 94 valence electrons. The van der Waals surface area contributed by atoms with E-state index in [4.69, 9.17) is 5.73 Å². The number of likely N-dealkylation sites (N-methyl/N-ethyl adjacent to an activating group) is 1. The van der Waals surface area contributed by atoms with E-state index in [1.165, 1.54) is 22.9 Å². The predicted octanol–water partition coefficient (Wildman–Crippen LogP) is 3.32. The van der Waals surface area contributed by atoms with E-state index in [9.17, 15) is 0 Å². The molecule has 1 saturated heterocycles. The van der Waals surface area contributed by atoms with E-state index in [-0.39, 0.29) is 6.04 Å². The lowest BCUT2D eigenvalue weighted by Crippen LogP contribution is -2.39. The van der Waals surface area contributed by atoms with Crippen LogP contribution in [0.3, 0.4) is 0 Å². The van der Waals surface area contributed by atoms with E-state index in [0.717, 1.165) is 19.5 Å². The maximum absolute atomic E-state index is 6.38. The third kappa shape index (κ3) is 2.90. The van der Waals surface area contributed by atoms with Crippen LogP contribution in [0.25, 0.3) is 0 Å². The Morgan fingerprint density at radius 2 is 2.12 bits per heavy atom. The summed E-state index contributed by atoms with van der Waals surface area (Å²) >= 11 is 3.66. The van der Waals surface area contributed by atoms with Crippen molar-refractivity contribution in [2.45, 2.75) is 38.3 Å². The molecule has 1 aromatic rings. The van der Waals surface area contributed by atoms with Gasteiger partial charge in [-0.05, 0) is 37.6 Å². The van der Waals surface area contributed by atoms with Gasteiger partial charge in [0.25, 0.3) is 0 Å². The number of halogens is 1. The van der Waals surface area contributed by atoms with E-state index in [2.05, 4.69) is 52.0 Å². The van der Waals surface area contributed by atoms with Crippen LogP contribution in [-0.4, -0.2) is 24.0 Å². The van der Waals surface area contributed by atoms with Crippen molar-refractivity contribution in [1.29, 1.82) is 0 Å². The molecular weight excluding hydrogens is 276 g/mol.